The molecule has 1 unspecified atom stereocenters. The first-order chi connectivity index (χ1) is 13.5. The summed E-state index contributed by atoms with van der Waals surface area (Å²) in [5.41, 5.74) is -6.89. The number of alkyl halides is 6. The largest absolute Gasteiger partial charge is 0.417 e. The van der Waals surface area contributed by atoms with Gasteiger partial charge in [0.15, 0.2) is 5.60 Å². The van der Waals surface area contributed by atoms with E-state index in [2.05, 4.69) is 0 Å². The van der Waals surface area contributed by atoms with Crippen molar-refractivity contribution in [3.63, 3.8) is 0 Å². The highest BCUT2D eigenvalue weighted by atomic mass is 35.5. The Morgan fingerprint density at radius 2 is 1.50 bits per heavy atom. The Morgan fingerprint density at radius 3 is 2.00 bits per heavy atom. The van der Waals surface area contributed by atoms with Gasteiger partial charge in [0.25, 0.3) is 0 Å². The molecule has 1 nitrogen and oxygen atoms in total. The number of hydrogen-bond donors (Lipinski definition) is 1. The summed E-state index contributed by atoms with van der Waals surface area (Å²) in [6.45, 7) is 2.82. The minimum Gasteiger partial charge on any atom is -0.380 e. The van der Waals surface area contributed by atoms with Crippen LogP contribution in [0.4, 0.5) is 30.7 Å². The van der Waals surface area contributed by atoms with E-state index in [0.29, 0.717) is 5.56 Å². The van der Waals surface area contributed by atoms with Crippen molar-refractivity contribution in [2.24, 2.45) is 0 Å². The van der Waals surface area contributed by atoms with Crippen molar-refractivity contribution in [1.82, 2.24) is 0 Å². The minimum atomic E-state index is -5.27. The molecule has 2 aromatic rings. The molecule has 0 aliphatic rings. The monoisotopic (exact) mass is 476 g/mol. The Labute approximate surface area is 178 Å². The summed E-state index contributed by atoms with van der Waals surface area (Å²) in [5, 5.41) is 9.80. The normalized spacial score (nSPS) is 15.2. The zero-order valence-corrected chi connectivity index (χ0v) is 17.2. The lowest BCUT2D eigenvalue weighted by atomic mass is 9.73. The van der Waals surface area contributed by atoms with Crippen LogP contribution in [0.25, 0.3) is 0 Å². The molecule has 0 spiro atoms. The molecule has 10 heteroatoms. The number of benzene rings is 2. The van der Waals surface area contributed by atoms with Gasteiger partial charge in [0, 0.05) is 11.4 Å². The first-order valence-corrected chi connectivity index (χ1v) is 9.32. The van der Waals surface area contributed by atoms with Gasteiger partial charge in [-0.2, -0.15) is 26.3 Å². The van der Waals surface area contributed by atoms with Gasteiger partial charge in [0.2, 0.25) is 0 Å². The fourth-order valence-corrected chi connectivity index (χ4v) is 3.69. The lowest BCUT2D eigenvalue weighted by molar-refractivity contribution is -0.266. The fourth-order valence-electron chi connectivity index (χ4n) is 3.26. The number of rotatable bonds is 5. The maximum absolute atomic E-state index is 14.3. The second-order valence-corrected chi connectivity index (χ2v) is 8.55. The van der Waals surface area contributed by atoms with Gasteiger partial charge in [-0.15, -0.1) is 0 Å². The zero-order valence-electron chi connectivity index (χ0n) is 15.7. The molecule has 0 aromatic heterocycles. The molecule has 0 bridgehead atoms. The van der Waals surface area contributed by atoms with Crippen LogP contribution >= 0.6 is 23.2 Å². The molecule has 2 aromatic carbocycles. The van der Waals surface area contributed by atoms with Crippen molar-refractivity contribution in [1.29, 1.82) is 0 Å². The summed E-state index contributed by atoms with van der Waals surface area (Å²) < 4.78 is 94.8. The van der Waals surface area contributed by atoms with E-state index in [1.165, 1.54) is 38.1 Å². The molecule has 0 radical (unpaired) electrons. The quantitative estimate of drug-likeness (QED) is 0.447. The van der Waals surface area contributed by atoms with Crippen molar-refractivity contribution in [3.8, 4) is 0 Å². The van der Waals surface area contributed by atoms with E-state index in [-0.39, 0.29) is 17.2 Å². The Kier molecular flexibility index (Phi) is 6.77. The number of halogens is 9. The van der Waals surface area contributed by atoms with Crippen LogP contribution < -0.4 is 0 Å². The highest BCUT2D eigenvalue weighted by molar-refractivity contribution is 6.31. The van der Waals surface area contributed by atoms with Gasteiger partial charge >= 0.3 is 12.4 Å². The van der Waals surface area contributed by atoms with E-state index >= 15 is 0 Å². The molecule has 0 fully saturated rings. The fraction of sp³-hybridized carbons (Fsp3) is 0.400. The summed E-state index contributed by atoms with van der Waals surface area (Å²) in [7, 11) is 0. The molecule has 30 heavy (non-hydrogen) atoms. The summed E-state index contributed by atoms with van der Waals surface area (Å²) >= 11 is 11.3. The summed E-state index contributed by atoms with van der Waals surface area (Å²) in [5.74, 6) is -1.45. The van der Waals surface area contributed by atoms with Crippen LogP contribution in [-0.2, 0) is 18.0 Å². The molecule has 166 valence electrons. The van der Waals surface area contributed by atoms with E-state index in [4.69, 9.17) is 23.2 Å². The Morgan fingerprint density at radius 1 is 0.900 bits per heavy atom. The van der Waals surface area contributed by atoms with Crippen molar-refractivity contribution < 1.29 is 35.8 Å². The van der Waals surface area contributed by atoms with Crippen LogP contribution in [0.15, 0.2) is 36.4 Å². The Bertz CT molecular complexity index is 922. The second-order valence-electron chi connectivity index (χ2n) is 7.71. The Hall–Kier alpha value is -1.51. The molecule has 1 N–H and O–H groups in total. The van der Waals surface area contributed by atoms with Crippen LogP contribution in [0.5, 0.6) is 0 Å². The van der Waals surface area contributed by atoms with Crippen molar-refractivity contribution in [2.75, 3.05) is 0 Å². The summed E-state index contributed by atoms with van der Waals surface area (Å²) in [4.78, 5) is 0. The predicted octanol–water partition coefficient (Wildman–Crippen LogP) is 7.36. The average Bonchev–Trinajstić information content (AvgIpc) is 2.56. The van der Waals surface area contributed by atoms with Gasteiger partial charge in [-0.1, -0.05) is 49.2 Å². The lowest BCUT2D eigenvalue weighted by Gasteiger charge is -2.38. The van der Waals surface area contributed by atoms with E-state index < -0.39 is 58.2 Å². The molecular formula is C20H17Cl2F7O. The van der Waals surface area contributed by atoms with Crippen molar-refractivity contribution in [3.05, 3.63) is 69.0 Å². The van der Waals surface area contributed by atoms with Crippen LogP contribution in [-0.4, -0.2) is 16.9 Å². The third kappa shape index (κ3) is 5.39. The Balaban J connectivity index is 2.52. The molecule has 0 saturated carbocycles. The van der Waals surface area contributed by atoms with Gasteiger partial charge < -0.3 is 5.11 Å². The highest BCUT2D eigenvalue weighted by Gasteiger charge is 2.56. The van der Waals surface area contributed by atoms with Crippen molar-refractivity contribution >= 4 is 23.2 Å². The van der Waals surface area contributed by atoms with E-state index in [0.717, 1.165) is 0 Å². The lowest BCUT2D eigenvalue weighted by Crippen LogP contribution is -2.51. The smallest absolute Gasteiger partial charge is 0.380 e. The van der Waals surface area contributed by atoms with Gasteiger partial charge in [0.1, 0.15) is 5.82 Å². The average molecular weight is 477 g/mol. The number of hydrogen-bond acceptors (Lipinski definition) is 1. The van der Waals surface area contributed by atoms with E-state index in [1.807, 2.05) is 0 Å². The zero-order chi connectivity index (χ0) is 23.1. The van der Waals surface area contributed by atoms with Crippen LogP contribution in [0.1, 0.15) is 37.0 Å². The van der Waals surface area contributed by atoms with Gasteiger partial charge in [-0.25, -0.2) is 4.39 Å². The maximum Gasteiger partial charge on any atom is 0.417 e. The van der Waals surface area contributed by atoms with Crippen LogP contribution in [0.2, 0.25) is 10.0 Å². The summed E-state index contributed by atoms with van der Waals surface area (Å²) in [6, 6.07) is 6.45. The molecule has 2 rings (SSSR count). The first-order valence-electron chi connectivity index (χ1n) is 8.56. The molecule has 0 aliphatic carbocycles. The highest BCUT2D eigenvalue weighted by Crippen LogP contribution is 2.44. The third-order valence-electron chi connectivity index (χ3n) is 4.78. The maximum atomic E-state index is 14.3. The molecule has 0 heterocycles. The third-order valence-corrected chi connectivity index (χ3v) is 5.29. The van der Waals surface area contributed by atoms with Crippen LogP contribution in [0, 0.1) is 5.82 Å². The second kappa shape index (κ2) is 8.20. The van der Waals surface area contributed by atoms with Crippen molar-refractivity contribution in [2.45, 2.75) is 50.1 Å². The molecule has 0 amide bonds. The van der Waals surface area contributed by atoms with Gasteiger partial charge in [0.05, 0.1) is 10.6 Å². The molecule has 1 atom stereocenters. The standard InChI is InChI=1S/C20H17Cl2F7O/c1-17(2,12-4-3-5-14(21)7-12)10-18(30,20(27,28)29)9-11-6-13(19(24,25)26)8-15(22)16(11)23/h3-8,30H,9-10H2,1-2H3. The van der Waals surface area contributed by atoms with Crippen LogP contribution in [0.3, 0.4) is 0 Å². The van der Waals surface area contributed by atoms with Gasteiger partial charge in [-0.3, -0.25) is 0 Å². The topological polar surface area (TPSA) is 20.2 Å². The van der Waals surface area contributed by atoms with Gasteiger partial charge in [-0.05, 0) is 47.2 Å². The SMILES string of the molecule is CC(C)(CC(O)(Cc1cc(C(F)(F)F)cc(Cl)c1F)C(F)(F)F)c1cccc(Cl)c1. The van der Waals surface area contributed by atoms with E-state index in [9.17, 15) is 35.8 Å². The number of aliphatic hydroxyl groups is 1. The first kappa shape index (κ1) is 24.8. The van der Waals surface area contributed by atoms with E-state index in [1.54, 1.807) is 0 Å². The minimum absolute atomic E-state index is 0.226. The molecule has 0 saturated heterocycles. The molecule has 0 aliphatic heterocycles. The molecular weight excluding hydrogens is 460 g/mol. The predicted molar refractivity (Wildman–Crippen MR) is 100 cm³/mol. The summed E-state index contributed by atoms with van der Waals surface area (Å²) in [6.07, 6.45) is -12.6.